The van der Waals surface area contributed by atoms with Crippen molar-refractivity contribution >= 4 is 29.4 Å². The molecular weight excluding hydrogens is 506 g/mol. The van der Waals surface area contributed by atoms with Crippen molar-refractivity contribution in [2.24, 2.45) is 0 Å². The maximum atomic E-state index is 13.0. The summed E-state index contributed by atoms with van der Waals surface area (Å²) in [5.74, 6) is 2.38. The van der Waals surface area contributed by atoms with Gasteiger partial charge in [0, 0.05) is 18.1 Å². The number of hydrogen-bond donors (Lipinski definition) is 2. The van der Waals surface area contributed by atoms with Crippen molar-refractivity contribution in [1.82, 2.24) is 14.8 Å². The van der Waals surface area contributed by atoms with Crippen LogP contribution in [0.5, 0.6) is 17.2 Å². The van der Waals surface area contributed by atoms with Crippen LogP contribution in [0.4, 0.5) is 11.9 Å². The van der Waals surface area contributed by atoms with Crippen LogP contribution in [-0.4, -0.2) is 40.5 Å². The van der Waals surface area contributed by atoms with Gasteiger partial charge in [-0.1, -0.05) is 35.9 Å². The van der Waals surface area contributed by atoms with E-state index < -0.39 is 0 Å². The van der Waals surface area contributed by atoms with Crippen LogP contribution in [0.25, 0.3) is 0 Å². The summed E-state index contributed by atoms with van der Waals surface area (Å²) >= 11 is 5.93. The Morgan fingerprint density at radius 3 is 1.82 bits per heavy atom. The largest absolute Gasteiger partial charge is 0.494 e. The second-order valence-electron chi connectivity index (χ2n) is 8.17. The first-order valence-corrected chi connectivity index (χ1v) is 12.7. The fourth-order valence-corrected chi connectivity index (χ4v) is 3.64. The summed E-state index contributed by atoms with van der Waals surface area (Å²) in [5, 5.41) is 11.4. The average Bonchev–Trinajstić information content (AvgIpc) is 3.35. The summed E-state index contributed by atoms with van der Waals surface area (Å²) in [6.45, 7) is 5.80. The lowest BCUT2D eigenvalue weighted by Crippen LogP contribution is -2.22. The van der Waals surface area contributed by atoms with Crippen molar-refractivity contribution < 1.29 is 19.0 Å². The van der Waals surface area contributed by atoms with Crippen molar-refractivity contribution in [3.05, 3.63) is 88.9 Å². The predicted molar refractivity (Wildman–Crippen MR) is 147 cm³/mol. The summed E-state index contributed by atoms with van der Waals surface area (Å²) < 4.78 is 17.8. The zero-order chi connectivity index (χ0) is 26.7. The molecule has 1 aromatic heterocycles. The second-order valence-corrected chi connectivity index (χ2v) is 8.60. The number of rotatable bonds is 13. The molecule has 0 bridgehead atoms. The number of aromatic nitrogens is 3. The summed E-state index contributed by atoms with van der Waals surface area (Å²) in [7, 11) is 0. The van der Waals surface area contributed by atoms with Gasteiger partial charge in [0.25, 0.3) is 5.91 Å². The number of benzene rings is 3. The van der Waals surface area contributed by atoms with Crippen LogP contribution in [0.1, 0.15) is 29.8 Å². The van der Waals surface area contributed by atoms with Crippen molar-refractivity contribution in [2.75, 3.05) is 30.5 Å². The minimum Gasteiger partial charge on any atom is -0.494 e. The number of ether oxygens (including phenoxy) is 3. The molecule has 0 aliphatic carbocycles. The average molecular weight is 536 g/mol. The first-order valence-electron chi connectivity index (χ1n) is 12.3. The highest BCUT2D eigenvalue weighted by molar-refractivity contribution is 6.30. The molecule has 0 aliphatic heterocycles. The molecule has 0 radical (unpaired) electrons. The Hall–Kier alpha value is -4.24. The molecule has 2 N–H and O–H groups in total. The van der Waals surface area contributed by atoms with Gasteiger partial charge in [-0.2, -0.15) is 9.67 Å². The minimum atomic E-state index is -0.379. The maximum Gasteiger partial charge on any atom is 0.288 e. The fourth-order valence-electron chi connectivity index (χ4n) is 3.51. The third-order valence-electron chi connectivity index (χ3n) is 5.39. The fraction of sp³-hybridized carbons (Fsp3) is 0.250. The molecular formula is C28H30ClN5O4. The number of nitrogens with one attached hydrogen (secondary N) is 2. The summed E-state index contributed by atoms with van der Waals surface area (Å²) in [5.41, 5.74) is 2.02. The molecule has 0 amide bonds. The Labute approximate surface area is 226 Å². The molecule has 3 aromatic carbocycles. The van der Waals surface area contributed by atoms with Crippen molar-refractivity contribution in [3.8, 4) is 17.2 Å². The molecule has 198 valence electrons. The highest BCUT2D eigenvalue weighted by Gasteiger charge is 2.17. The highest BCUT2D eigenvalue weighted by Crippen LogP contribution is 2.18. The normalized spacial score (nSPS) is 10.6. The molecule has 4 rings (SSSR count). The Morgan fingerprint density at radius 1 is 0.763 bits per heavy atom. The quantitative estimate of drug-likeness (QED) is 0.226. The maximum absolute atomic E-state index is 13.0. The summed E-state index contributed by atoms with van der Waals surface area (Å²) in [4.78, 5) is 17.5. The Kier molecular flexibility index (Phi) is 9.42. The number of anilines is 2. The standard InChI is InChI=1S/C28H30ClN5O4/c1-3-36-23-11-5-20(6-12-23)17-30-27-32-28(31-18-21-7-13-24(14-8-21)37-4-2)34(33-27)26(35)19-38-25-15-9-22(29)10-16-25/h5-16H,3-4,17-19H2,1-2H3,(H2,30,31,32,33). The number of nitrogens with zero attached hydrogens (tertiary/aromatic N) is 3. The molecule has 0 spiro atoms. The molecule has 0 atom stereocenters. The Bertz CT molecular complexity index is 1310. The third-order valence-corrected chi connectivity index (χ3v) is 5.64. The highest BCUT2D eigenvalue weighted by atomic mass is 35.5. The number of carbonyl (C=O) groups excluding carboxylic acids is 1. The zero-order valence-electron chi connectivity index (χ0n) is 21.3. The van der Waals surface area contributed by atoms with Gasteiger partial charge in [-0.25, -0.2) is 0 Å². The smallest absolute Gasteiger partial charge is 0.288 e. The second kappa shape index (κ2) is 13.3. The molecule has 4 aromatic rings. The Balaban J connectivity index is 1.45. The molecule has 10 heteroatoms. The lowest BCUT2D eigenvalue weighted by atomic mass is 10.2. The number of carbonyl (C=O) groups is 1. The van der Waals surface area contributed by atoms with Gasteiger partial charge in [-0.15, -0.1) is 5.10 Å². The van der Waals surface area contributed by atoms with Gasteiger partial charge >= 0.3 is 0 Å². The van der Waals surface area contributed by atoms with E-state index in [4.69, 9.17) is 25.8 Å². The van der Waals surface area contributed by atoms with E-state index in [9.17, 15) is 4.79 Å². The summed E-state index contributed by atoms with van der Waals surface area (Å²) in [6, 6.07) is 22.3. The van der Waals surface area contributed by atoms with Gasteiger partial charge < -0.3 is 24.8 Å². The van der Waals surface area contributed by atoms with Gasteiger partial charge in [0.15, 0.2) is 6.61 Å². The molecule has 0 aliphatic rings. The number of halogens is 1. The van der Waals surface area contributed by atoms with Crippen LogP contribution in [-0.2, 0) is 13.1 Å². The first-order chi connectivity index (χ1) is 18.5. The van der Waals surface area contributed by atoms with Crippen LogP contribution < -0.4 is 24.8 Å². The molecule has 0 saturated heterocycles. The topological polar surface area (TPSA) is 99.5 Å². The van der Waals surface area contributed by atoms with Crippen LogP contribution in [0.3, 0.4) is 0 Å². The van der Waals surface area contributed by atoms with Gasteiger partial charge in [0.05, 0.1) is 13.2 Å². The van der Waals surface area contributed by atoms with Crippen molar-refractivity contribution in [1.29, 1.82) is 0 Å². The van der Waals surface area contributed by atoms with Gasteiger partial charge in [0.2, 0.25) is 11.9 Å². The molecule has 9 nitrogen and oxygen atoms in total. The summed E-state index contributed by atoms with van der Waals surface area (Å²) in [6.07, 6.45) is 0. The van der Waals surface area contributed by atoms with E-state index >= 15 is 0 Å². The minimum absolute atomic E-state index is 0.221. The zero-order valence-corrected chi connectivity index (χ0v) is 22.1. The van der Waals surface area contributed by atoms with Crippen LogP contribution in [0, 0.1) is 0 Å². The van der Waals surface area contributed by atoms with Crippen molar-refractivity contribution in [3.63, 3.8) is 0 Å². The molecule has 0 fully saturated rings. The van der Waals surface area contributed by atoms with Crippen LogP contribution >= 0.6 is 11.6 Å². The van der Waals surface area contributed by atoms with Crippen LogP contribution in [0.15, 0.2) is 72.8 Å². The van der Waals surface area contributed by atoms with E-state index in [1.165, 1.54) is 4.68 Å². The van der Waals surface area contributed by atoms with E-state index in [1.54, 1.807) is 24.3 Å². The predicted octanol–water partition coefficient (Wildman–Crippen LogP) is 5.67. The molecule has 38 heavy (non-hydrogen) atoms. The monoisotopic (exact) mass is 535 g/mol. The van der Waals surface area contributed by atoms with E-state index in [-0.39, 0.29) is 12.5 Å². The van der Waals surface area contributed by atoms with E-state index in [0.717, 1.165) is 22.6 Å². The third kappa shape index (κ3) is 7.63. The first kappa shape index (κ1) is 26.8. The van der Waals surface area contributed by atoms with E-state index in [0.29, 0.717) is 49.0 Å². The van der Waals surface area contributed by atoms with Gasteiger partial charge in [-0.3, -0.25) is 4.79 Å². The van der Waals surface area contributed by atoms with E-state index in [1.807, 2.05) is 62.4 Å². The lowest BCUT2D eigenvalue weighted by Gasteiger charge is -2.09. The SMILES string of the molecule is CCOc1ccc(CNc2nc(NCc3ccc(OCC)cc3)n(C(=O)COc3ccc(Cl)cc3)n2)cc1. The molecule has 1 heterocycles. The van der Waals surface area contributed by atoms with Crippen LogP contribution in [0.2, 0.25) is 5.02 Å². The van der Waals surface area contributed by atoms with Gasteiger partial charge in [0.1, 0.15) is 17.2 Å². The number of hydrogen-bond acceptors (Lipinski definition) is 8. The van der Waals surface area contributed by atoms with E-state index in [2.05, 4.69) is 20.7 Å². The van der Waals surface area contributed by atoms with Gasteiger partial charge in [-0.05, 0) is 73.5 Å². The molecule has 0 saturated carbocycles. The lowest BCUT2D eigenvalue weighted by molar-refractivity contribution is 0.0824. The Morgan fingerprint density at radius 2 is 1.26 bits per heavy atom. The van der Waals surface area contributed by atoms with Crippen molar-refractivity contribution in [2.45, 2.75) is 26.9 Å². The molecule has 0 unspecified atom stereocenters.